The van der Waals surface area contributed by atoms with Crippen LogP contribution in [0.15, 0.2) is 63.9 Å². The maximum atomic E-state index is 13.5. The number of likely N-dealkylation sites (N-methyl/N-ethyl adjacent to an activating group) is 1. The van der Waals surface area contributed by atoms with Crippen LogP contribution in [0.5, 0.6) is 5.75 Å². The minimum atomic E-state index is -1.45. The van der Waals surface area contributed by atoms with Gasteiger partial charge in [0.2, 0.25) is 5.76 Å². The second kappa shape index (κ2) is 11.3. The number of hydrogen-bond acceptors (Lipinski definition) is 6. The van der Waals surface area contributed by atoms with Gasteiger partial charge in [0.25, 0.3) is 11.5 Å². The van der Waals surface area contributed by atoms with Crippen LogP contribution >= 0.6 is 0 Å². The molecule has 1 heterocycles. The van der Waals surface area contributed by atoms with Crippen molar-refractivity contribution in [3.05, 3.63) is 81.8 Å². The number of benzene rings is 2. The monoisotopic (exact) mass is 496 g/mol. The first-order valence-corrected chi connectivity index (χ1v) is 14.9. The summed E-state index contributed by atoms with van der Waals surface area (Å²) in [6.45, 7) is 7.67. The van der Waals surface area contributed by atoms with Crippen LogP contribution in [0.3, 0.4) is 0 Å². The molecule has 3 aromatic rings. The smallest absolute Gasteiger partial charge is 0.293 e. The Kier molecular flexibility index (Phi) is 8.47. The quantitative estimate of drug-likeness (QED) is 0.323. The summed E-state index contributed by atoms with van der Waals surface area (Å²) in [5, 5.41) is 3.42. The summed E-state index contributed by atoms with van der Waals surface area (Å²) in [6, 6.07) is 15.3. The van der Waals surface area contributed by atoms with Crippen molar-refractivity contribution in [2.75, 3.05) is 27.4 Å². The van der Waals surface area contributed by atoms with Crippen molar-refractivity contribution in [3.63, 3.8) is 0 Å². The number of nitrogens with zero attached hydrogens (tertiary/aromatic N) is 1. The van der Waals surface area contributed by atoms with E-state index in [0.29, 0.717) is 24.5 Å². The Morgan fingerprint density at radius 3 is 2.23 bits per heavy atom. The van der Waals surface area contributed by atoms with Crippen molar-refractivity contribution < 1.29 is 23.6 Å². The van der Waals surface area contributed by atoms with Gasteiger partial charge in [0.1, 0.15) is 18.4 Å². The summed E-state index contributed by atoms with van der Waals surface area (Å²) >= 11 is 0. The zero-order valence-electron chi connectivity index (χ0n) is 20.8. The van der Waals surface area contributed by atoms with Crippen molar-refractivity contribution in [2.45, 2.75) is 32.1 Å². The van der Waals surface area contributed by atoms with Gasteiger partial charge >= 0.3 is 0 Å². The first-order valence-electron chi connectivity index (χ1n) is 11.4. The SMILES string of the molecule is COCCOc1ccc(C(C(=O)Cc2ccc([Si](C)(C)C)cc2)N(C)C(=O)c2cc(=O)[nH]o2)cc1. The van der Waals surface area contributed by atoms with E-state index >= 15 is 0 Å². The van der Waals surface area contributed by atoms with Crippen molar-refractivity contribution >= 4 is 25.0 Å². The highest BCUT2D eigenvalue weighted by Crippen LogP contribution is 2.26. The second-order valence-electron chi connectivity index (χ2n) is 9.40. The van der Waals surface area contributed by atoms with Crippen molar-refractivity contribution in [1.82, 2.24) is 10.1 Å². The van der Waals surface area contributed by atoms with E-state index in [1.54, 1.807) is 31.4 Å². The molecule has 1 amide bonds. The molecule has 9 heteroatoms. The third kappa shape index (κ3) is 6.80. The first-order chi connectivity index (χ1) is 16.6. The summed E-state index contributed by atoms with van der Waals surface area (Å²) < 4.78 is 15.6. The number of carbonyl (C=O) groups excluding carboxylic acids is 2. The number of rotatable bonds is 11. The summed E-state index contributed by atoms with van der Waals surface area (Å²) in [5.74, 6) is -0.261. The Morgan fingerprint density at radius 2 is 1.69 bits per heavy atom. The average molecular weight is 497 g/mol. The van der Waals surface area contributed by atoms with Crippen LogP contribution in [0.1, 0.15) is 27.7 Å². The maximum Gasteiger partial charge on any atom is 0.293 e. The van der Waals surface area contributed by atoms with Gasteiger partial charge < -0.3 is 18.9 Å². The number of nitrogens with one attached hydrogen (secondary N) is 1. The third-order valence-electron chi connectivity index (χ3n) is 5.70. The molecule has 0 aliphatic heterocycles. The van der Waals surface area contributed by atoms with E-state index in [0.717, 1.165) is 11.6 Å². The fraction of sp³-hybridized carbons (Fsp3) is 0.346. The highest BCUT2D eigenvalue weighted by atomic mass is 28.3. The number of methoxy groups -OCH3 is 1. The van der Waals surface area contributed by atoms with E-state index in [4.69, 9.17) is 14.0 Å². The predicted molar refractivity (Wildman–Crippen MR) is 136 cm³/mol. The van der Waals surface area contributed by atoms with Gasteiger partial charge in [-0.1, -0.05) is 61.2 Å². The van der Waals surface area contributed by atoms with Crippen molar-refractivity contribution in [2.24, 2.45) is 0 Å². The molecule has 0 spiro atoms. The number of H-pyrrole nitrogens is 1. The second-order valence-corrected chi connectivity index (χ2v) is 14.5. The van der Waals surface area contributed by atoms with Crippen LogP contribution in [0.25, 0.3) is 0 Å². The van der Waals surface area contributed by atoms with E-state index in [9.17, 15) is 14.4 Å². The molecular formula is C26H32N2O6Si. The van der Waals surface area contributed by atoms with E-state index in [1.165, 1.54) is 17.1 Å². The van der Waals surface area contributed by atoms with Crippen LogP contribution < -0.4 is 15.5 Å². The lowest BCUT2D eigenvalue weighted by Crippen LogP contribution is -2.38. The van der Waals surface area contributed by atoms with E-state index < -0.39 is 25.6 Å². The number of hydrogen-bond donors (Lipinski definition) is 1. The minimum absolute atomic E-state index is 0.150. The van der Waals surface area contributed by atoms with Crippen molar-refractivity contribution in [3.8, 4) is 5.75 Å². The molecule has 0 aliphatic carbocycles. The third-order valence-corrected chi connectivity index (χ3v) is 7.76. The number of Topliss-reactive ketones (excluding diaryl/α,β-unsaturated/α-hetero) is 1. The van der Waals surface area contributed by atoms with Crippen LogP contribution in [-0.4, -0.2) is 57.2 Å². The van der Waals surface area contributed by atoms with Gasteiger partial charge in [-0.05, 0) is 23.3 Å². The number of aromatic nitrogens is 1. The van der Waals surface area contributed by atoms with Gasteiger partial charge in [-0.15, -0.1) is 0 Å². The Labute approximate surface area is 205 Å². The van der Waals surface area contributed by atoms with Gasteiger partial charge in [-0.25, -0.2) is 0 Å². The van der Waals surface area contributed by atoms with Crippen molar-refractivity contribution in [1.29, 1.82) is 0 Å². The average Bonchev–Trinajstić information content (AvgIpc) is 3.26. The topological polar surface area (TPSA) is 102 Å². The standard InChI is InChI=1S/C26H32N2O6Si/c1-28(26(31)23-17-24(30)27-34-23)25(19-8-10-20(11-9-19)33-15-14-32-2)22(29)16-18-6-12-21(13-7-18)35(3,4)5/h6-13,17,25H,14-16H2,1-5H3,(H,27,30). The number of aromatic amines is 1. The van der Waals surface area contributed by atoms with Gasteiger partial charge in [-0.2, -0.15) is 5.16 Å². The van der Waals surface area contributed by atoms with Crippen LogP contribution in [0.4, 0.5) is 0 Å². The normalized spacial score (nSPS) is 12.3. The molecule has 1 aromatic heterocycles. The van der Waals surface area contributed by atoms with Crippen LogP contribution in [0, 0.1) is 0 Å². The van der Waals surface area contributed by atoms with E-state index in [2.05, 4.69) is 36.9 Å². The lowest BCUT2D eigenvalue weighted by atomic mass is 9.96. The van der Waals surface area contributed by atoms with E-state index in [1.807, 2.05) is 12.1 Å². The van der Waals surface area contributed by atoms with Gasteiger partial charge in [0, 0.05) is 20.6 Å². The molecule has 0 bridgehead atoms. The molecule has 1 N–H and O–H groups in total. The van der Waals surface area contributed by atoms with Crippen LogP contribution in [-0.2, 0) is 16.0 Å². The maximum absolute atomic E-state index is 13.5. The molecule has 0 saturated heterocycles. The molecule has 1 atom stereocenters. The van der Waals surface area contributed by atoms with E-state index in [-0.39, 0.29) is 18.0 Å². The lowest BCUT2D eigenvalue weighted by Gasteiger charge is -2.27. The number of ether oxygens (including phenoxy) is 2. The molecule has 35 heavy (non-hydrogen) atoms. The molecule has 8 nitrogen and oxygen atoms in total. The first kappa shape index (κ1) is 26.2. The Morgan fingerprint density at radius 1 is 1.03 bits per heavy atom. The Balaban J connectivity index is 1.87. The molecule has 0 aliphatic rings. The molecule has 0 saturated carbocycles. The molecule has 1 unspecified atom stereocenters. The highest BCUT2D eigenvalue weighted by molar-refractivity contribution is 6.88. The number of carbonyl (C=O) groups is 2. The predicted octanol–water partition coefficient (Wildman–Crippen LogP) is 3.16. The van der Waals surface area contributed by atoms with Crippen LogP contribution in [0.2, 0.25) is 19.6 Å². The van der Waals surface area contributed by atoms with Gasteiger partial charge in [0.15, 0.2) is 5.78 Å². The molecule has 3 rings (SSSR count). The summed E-state index contributed by atoms with van der Waals surface area (Å²) in [6.07, 6.45) is 0.150. The Hall–Kier alpha value is -3.43. The minimum Gasteiger partial charge on any atom is -0.491 e. The Bertz CT molecular complexity index is 1190. The fourth-order valence-corrected chi connectivity index (χ4v) is 4.88. The molecule has 186 valence electrons. The molecule has 2 aromatic carbocycles. The summed E-state index contributed by atoms with van der Waals surface area (Å²) in [4.78, 5) is 39.3. The fourth-order valence-electron chi connectivity index (χ4n) is 3.71. The molecular weight excluding hydrogens is 464 g/mol. The van der Waals surface area contributed by atoms with Gasteiger partial charge in [0.05, 0.1) is 20.7 Å². The highest BCUT2D eigenvalue weighted by Gasteiger charge is 2.31. The zero-order chi connectivity index (χ0) is 25.6. The summed E-state index contributed by atoms with van der Waals surface area (Å²) in [5.41, 5.74) is 0.974. The molecule has 0 radical (unpaired) electrons. The zero-order valence-corrected chi connectivity index (χ0v) is 21.8. The lowest BCUT2D eigenvalue weighted by molar-refractivity contribution is -0.122. The molecule has 0 fully saturated rings. The number of amides is 1. The summed E-state index contributed by atoms with van der Waals surface area (Å²) in [7, 11) is 1.67. The largest absolute Gasteiger partial charge is 0.491 e. The van der Waals surface area contributed by atoms with Gasteiger partial charge in [-0.3, -0.25) is 14.4 Å². The number of ketones is 1.